The monoisotopic (exact) mass is 176 g/mol. The molecule has 1 rings (SSSR count). The standard InChI is InChI=1S/C11H12S/c1-8(2)11-6-10(7-12)5-4-9(11)3/h4-7H,1H2,2-3H3. The quantitative estimate of drug-likeness (QED) is 0.622. The molecule has 1 aromatic rings. The van der Waals surface area contributed by atoms with Crippen molar-refractivity contribution in [1.29, 1.82) is 0 Å². The Morgan fingerprint density at radius 1 is 1.50 bits per heavy atom. The molecule has 0 amide bonds. The summed E-state index contributed by atoms with van der Waals surface area (Å²) in [6.07, 6.45) is 0. The third-order valence-electron chi connectivity index (χ3n) is 1.86. The lowest BCUT2D eigenvalue weighted by Crippen LogP contribution is -1.87. The van der Waals surface area contributed by atoms with Gasteiger partial charge in [-0.3, -0.25) is 0 Å². The zero-order valence-corrected chi connectivity index (χ0v) is 8.24. The molecule has 0 unspecified atom stereocenters. The van der Waals surface area contributed by atoms with E-state index < -0.39 is 0 Å². The molecule has 0 aliphatic carbocycles. The van der Waals surface area contributed by atoms with E-state index in [9.17, 15) is 0 Å². The van der Waals surface area contributed by atoms with Crippen LogP contribution in [-0.4, -0.2) is 5.37 Å². The summed E-state index contributed by atoms with van der Waals surface area (Å²) >= 11 is 4.85. The van der Waals surface area contributed by atoms with Gasteiger partial charge in [0.2, 0.25) is 0 Å². The molecule has 0 bridgehead atoms. The molecular weight excluding hydrogens is 164 g/mol. The zero-order chi connectivity index (χ0) is 9.14. The Labute approximate surface area is 78.9 Å². The van der Waals surface area contributed by atoms with Crippen LogP contribution in [0.1, 0.15) is 23.6 Å². The first-order valence-corrected chi connectivity index (χ1v) is 4.34. The van der Waals surface area contributed by atoms with Crippen LogP contribution in [0.3, 0.4) is 0 Å². The summed E-state index contributed by atoms with van der Waals surface area (Å²) in [5, 5.41) is 1.69. The van der Waals surface area contributed by atoms with Crippen molar-refractivity contribution in [1.82, 2.24) is 0 Å². The second-order valence-corrected chi connectivity index (χ2v) is 3.21. The van der Waals surface area contributed by atoms with E-state index in [4.69, 9.17) is 12.2 Å². The zero-order valence-electron chi connectivity index (χ0n) is 7.42. The summed E-state index contributed by atoms with van der Waals surface area (Å²) in [4.78, 5) is 0. The van der Waals surface area contributed by atoms with E-state index in [2.05, 4.69) is 25.6 Å². The van der Waals surface area contributed by atoms with E-state index in [0.29, 0.717) is 0 Å². The molecule has 0 saturated heterocycles. The van der Waals surface area contributed by atoms with E-state index in [1.54, 1.807) is 5.37 Å². The first kappa shape index (κ1) is 9.14. The molecule has 0 nitrogen and oxygen atoms in total. The molecule has 62 valence electrons. The van der Waals surface area contributed by atoms with Crippen LogP contribution in [0.4, 0.5) is 0 Å². The van der Waals surface area contributed by atoms with E-state index in [1.165, 1.54) is 11.1 Å². The SMILES string of the molecule is C=C(C)c1cc(C=S)ccc1C. The minimum atomic E-state index is 1.08. The largest absolute Gasteiger partial charge is 0.0955 e. The molecule has 12 heavy (non-hydrogen) atoms. The van der Waals surface area contributed by atoms with E-state index in [1.807, 2.05) is 13.0 Å². The fraction of sp³-hybridized carbons (Fsp3) is 0.182. The van der Waals surface area contributed by atoms with Crippen molar-refractivity contribution in [3.63, 3.8) is 0 Å². The maximum atomic E-state index is 4.85. The molecule has 1 aromatic carbocycles. The number of aryl methyl sites for hydroxylation is 1. The molecule has 0 spiro atoms. The molecule has 1 heteroatoms. The Morgan fingerprint density at radius 3 is 2.67 bits per heavy atom. The lowest BCUT2D eigenvalue weighted by Gasteiger charge is -2.05. The van der Waals surface area contributed by atoms with E-state index >= 15 is 0 Å². The molecule has 0 saturated carbocycles. The maximum Gasteiger partial charge on any atom is 0.00863 e. The summed E-state index contributed by atoms with van der Waals surface area (Å²) in [6, 6.07) is 6.17. The Balaban J connectivity index is 3.25. The normalized spacial score (nSPS) is 9.50. The van der Waals surface area contributed by atoms with E-state index in [0.717, 1.165) is 11.1 Å². The van der Waals surface area contributed by atoms with Gasteiger partial charge in [0.25, 0.3) is 0 Å². The van der Waals surface area contributed by atoms with Gasteiger partial charge in [-0.1, -0.05) is 36.5 Å². The third-order valence-corrected chi connectivity index (χ3v) is 2.13. The molecule has 0 N–H and O–H groups in total. The minimum absolute atomic E-state index is 1.08. The molecule has 0 aromatic heterocycles. The Morgan fingerprint density at radius 2 is 2.17 bits per heavy atom. The van der Waals surface area contributed by atoms with Crippen molar-refractivity contribution in [3.8, 4) is 0 Å². The van der Waals surface area contributed by atoms with Crippen molar-refractivity contribution < 1.29 is 0 Å². The Kier molecular flexibility index (Phi) is 2.77. The van der Waals surface area contributed by atoms with Gasteiger partial charge in [0.05, 0.1) is 0 Å². The number of benzene rings is 1. The average molecular weight is 176 g/mol. The lowest BCUT2D eigenvalue weighted by molar-refractivity contribution is 1.41. The van der Waals surface area contributed by atoms with Gasteiger partial charge in [-0.2, -0.15) is 0 Å². The molecule has 0 heterocycles. The molecule has 0 atom stereocenters. The summed E-state index contributed by atoms with van der Waals surface area (Å²) in [5.41, 5.74) is 4.62. The minimum Gasteiger partial charge on any atom is -0.0955 e. The summed E-state index contributed by atoms with van der Waals surface area (Å²) in [7, 11) is 0. The summed E-state index contributed by atoms with van der Waals surface area (Å²) < 4.78 is 0. The average Bonchev–Trinajstić information content (AvgIpc) is 2.05. The summed E-state index contributed by atoms with van der Waals surface area (Å²) in [5.74, 6) is 0. The molecule has 0 radical (unpaired) electrons. The van der Waals surface area contributed by atoms with Crippen LogP contribution in [0.25, 0.3) is 5.57 Å². The first-order chi connectivity index (χ1) is 5.65. The van der Waals surface area contributed by atoms with Crippen LogP contribution in [0, 0.1) is 6.92 Å². The van der Waals surface area contributed by atoms with Gasteiger partial charge in [0.15, 0.2) is 0 Å². The Hall–Kier alpha value is -0.950. The van der Waals surface area contributed by atoms with Crippen LogP contribution < -0.4 is 0 Å². The van der Waals surface area contributed by atoms with Crippen molar-refractivity contribution in [3.05, 3.63) is 41.5 Å². The van der Waals surface area contributed by atoms with Crippen LogP contribution in [0.15, 0.2) is 24.8 Å². The molecular formula is C11H12S. The highest BCUT2D eigenvalue weighted by molar-refractivity contribution is 7.79. The van der Waals surface area contributed by atoms with Gasteiger partial charge in [-0.25, -0.2) is 0 Å². The van der Waals surface area contributed by atoms with Crippen LogP contribution in [0.5, 0.6) is 0 Å². The van der Waals surface area contributed by atoms with Crippen molar-refractivity contribution in [2.45, 2.75) is 13.8 Å². The number of allylic oxidation sites excluding steroid dienone is 1. The highest BCUT2D eigenvalue weighted by atomic mass is 32.1. The van der Waals surface area contributed by atoms with Gasteiger partial charge >= 0.3 is 0 Å². The van der Waals surface area contributed by atoms with Gasteiger partial charge in [-0.05, 0) is 36.6 Å². The topological polar surface area (TPSA) is 0 Å². The third kappa shape index (κ3) is 1.80. The van der Waals surface area contributed by atoms with Gasteiger partial charge in [0.1, 0.15) is 0 Å². The summed E-state index contributed by atoms with van der Waals surface area (Å²) in [6.45, 7) is 8.00. The number of hydrogen-bond acceptors (Lipinski definition) is 1. The predicted octanol–water partition coefficient (Wildman–Crippen LogP) is 3.38. The second-order valence-electron chi connectivity index (χ2n) is 2.97. The van der Waals surface area contributed by atoms with E-state index in [-0.39, 0.29) is 0 Å². The van der Waals surface area contributed by atoms with Crippen LogP contribution in [0.2, 0.25) is 0 Å². The molecule has 0 aliphatic heterocycles. The smallest absolute Gasteiger partial charge is 0.00863 e. The molecule has 0 fully saturated rings. The maximum absolute atomic E-state index is 4.85. The first-order valence-electron chi connectivity index (χ1n) is 3.87. The molecule has 0 aliphatic rings. The van der Waals surface area contributed by atoms with Crippen LogP contribution in [-0.2, 0) is 0 Å². The Bertz CT molecular complexity index is 324. The lowest BCUT2D eigenvalue weighted by atomic mass is 10.0. The van der Waals surface area contributed by atoms with Crippen molar-refractivity contribution in [2.75, 3.05) is 0 Å². The predicted molar refractivity (Wildman–Crippen MR) is 58.6 cm³/mol. The number of rotatable bonds is 2. The fourth-order valence-electron chi connectivity index (χ4n) is 1.17. The highest BCUT2D eigenvalue weighted by Gasteiger charge is 1.98. The fourth-order valence-corrected chi connectivity index (χ4v) is 1.32. The van der Waals surface area contributed by atoms with Gasteiger partial charge in [-0.15, -0.1) is 0 Å². The van der Waals surface area contributed by atoms with Gasteiger partial charge in [0, 0.05) is 5.37 Å². The van der Waals surface area contributed by atoms with Gasteiger partial charge < -0.3 is 0 Å². The van der Waals surface area contributed by atoms with Crippen LogP contribution >= 0.6 is 12.2 Å². The second kappa shape index (κ2) is 3.63. The number of hydrogen-bond donors (Lipinski definition) is 0. The highest BCUT2D eigenvalue weighted by Crippen LogP contribution is 2.17. The number of thiocarbonyl (C=S) groups is 1. The van der Waals surface area contributed by atoms with Crippen molar-refractivity contribution >= 4 is 23.2 Å². The van der Waals surface area contributed by atoms with Crippen molar-refractivity contribution in [2.24, 2.45) is 0 Å².